The lowest BCUT2D eigenvalue weighted by Gasteiger charge is -2.27. The molecule has 1 aromatic carbocycles. The van der Waals surface area contributed by atoms with Crippen LogP contribution < -0.4 is 0 Å². The number of benzene rings is 1. The molecule has 0 unspecified atom stereocenters. The molecule has 0 saturated carbocycles. The summed E-state index contributed by atoms with van der Waals surface area (Å²) in [6.07, 6.45) is 4.06. The van der Waals surface area contributed by atoms with Gasteiger partial charge in [-0.05, 0) is 18.4 Å². The third-order valence-electron chi connectivity index (χ3n) is 2.89. The van der Waals surface area contributed by atoms with Gasteiger partial charge in [0.25, 0.3) is 0 Å². The number of rotatable bonds is 1. The Bertz CT molecular complexity index is 390. The van der Waals surface area contributed by atoms with Gasteiger partial charge in [-0.1, -0.05) is 42.0 Å². The summed E-state index contributed by atoms with van der Waals surface area (Å²) in [6.45, 7) is 1.49. The zero-order valence-corrected chi connectivity index (χ0v) is 9.23. The molecule has 0 aliphatic carbocycles. The van der Waals surface area contributed by atoms with Crippen molar-refractivity contribution in [2.75, 3.05) is 13.1 Å². The maximum Gasteiger partial charge on any atom is 0.200 e. The van der Waals surface area contributed by atoms with E-state index in [-0.39, 0.29) is 5.81 Å². The third kappa shape index (κ3) is 2.75. The van der Waals surface area contributed by atoms with Crippen LogP contribution in [0, 0.1) is 0 Å². The van der Waals surface area contributed by atoms with E-state index in [1.807, 2.05) is 18.2 Å². The van der Waals surface area contributed by atoms with E-state index in [2.05, 4.69) is 18.2 Å². The second-order valence-corrected chi connectivity index (χ2v) is 4.04. The van der Waals surface area contributed by atoms with Gasteiger partial charge in [0.2, 0.25) is 7.85 Å². The average Bonchev–Trinajstić information content (AvgIpc) is 2.31. The quantitative estimate of drug-likeness (QED) is 0.653. The Kier molecular flexibility index (Phi) is 3.45. The third-order valence-corrected chi connectivity index (χ3v) is 2.89. The first kappa shape index (κ1) is 11.0. The fourth-order valence-corrected chi connectivity index (χ4v) is 1.94. The molecule has 0 spiro atoms. The molecule has 1 aliphatic heterocycles. The van der Waals surface area contributed by atoms with Gasteiger partial charge in [-0.15, -0.1) is 0 Å². The summed E-state index contributed by atoms with van der Waals surface area (Å²) in [5.41, 5.74) is 2.62. The van der Waals surface area contributed by atoms with Crippen molar-refractivity contribution in [1.29, 1.82) is 0 Å². The Morgan fingerprint density at radius 3 is 2.38 bits per heavy atom. The predicted molar refractivity (Wildman–Crippen MR) is 66.4 cm³/mol. The first-order chi connectivity index (χ1) is 7.75. The second-order valence-electron chi connectivity index (χ2n) is 4.04. The molecule has 1 aliphatic rings. The molecule has 0 N–H and O–H groups in total. The molecule has 2 rings (SSSR count). The molecule has 1 amide bonds. The summed E-state index contributed by atoms with van der Waals surface area (Å²) >= 11 is 0. The first-order valence-corrected chi connectivity index (χ1v) is 5.54. The summed E-state index contributed by atoms with van der Waals surface area (Å²) in [4.78, 5) is 12.6. The summed E-state index contributed by atoms with van der Waals surface area (Å²) in [7, 11) is 5.23. The van der Waals surface area contributed by atoms with Crippen molar-refractivity contribution in [2.24, 2.45) is 0 Å². The van der Waals surface area contributed by atoms with Crippen molar-refractivity contribution in [3.05, 3.63) is 41.5 Å². The van der Waals surface area contributed by atoms with Gasteiger partial charge in [-0.3, -0.25) is 4.79 Å². The normalized spacial score (nSPS) is 16.0. The van der Waals surface area contributed by atoms with E-state index < -0.39 is 0 Å². The zero-order chi connectivity index (χ0) is 11.4. The number of piperidine rings is 1. The highest BCUT2D eigenvalue weighted by Gasteiger charge is 2.14. The molecule has 1 saturated heterocycles. The van der Waals surface area contributed by atoms with Crippen molar-refractivity contribution in [1.82, 2.24) is 4.90 Å². The van der Waals surface area contributed by atoms with Gasteiger partial charge in [-0.2, -0.15) is 0 Å². The lowest BCUT2D eigenvalue weighted by Crippen LogP contribution is -2.35. The Morgan fingerprint density at radius 1 is 1.19 bits per heavy atom. The minimum atomic E-state index is -0.307. The molecule has 0 aromatic heterocycles. The standard InChI is InChI=1S/C13H14BNO/c14-13(16)15-8-6-12(7-9-15)10-11-4-2-1-3-5-11/h1-5,10H,6-9H2. The van der Waals surface area contributed by atoms with Crippen LogP contribution in [-0.4, -0.2) is 31.6 Å². The largest absolute Gasteiger partial charge is 0.352 e. The van der Waals surface area contributed by atoms with E-state index in [1.54, 1.807) is 4.90 Å². The SMILES string of the molecule is [B]C(=O)N1CCC(=Cc2ccccc2)CC1. The number of amides is 1. The van der Waals surface area contributed by atoms with E-state index in [9.17, 15) is 4.79 Å². The number of likely N-dealkylation sites (tertiary alicyclic amines) is 1. The zero-order valence-electron chi connectivity index (χ0n) is 9.23. The fraction of sp³-hybridized carbons (Fsp3) is 0.308. The van der Waals surface area contributed by atoms with Crippen LogP contribution >= 0.6 is 0 Å². The summed E-state index contributed by atoms with van der Waals surface area (Å²) < 4.78 is 0. The van der Waals surface area contributed by atoms with Gasteiger partial charge in [0.15, 0.2) is 5.81 Å². The number of nitrogens with zero attached hydrogens (tertiary/aromatic N) is 1. The molecule has 2 radical (unpaired) electrons. The molecule has 2 nitrogen and oxygen atoms in total. The molecular formula is C13H14BNO. The predicted octanol–water partition coefficient (Wildman–Crippen LogP) is 2.45. The summed E-state index contributed by atoms with van der Waals surface area (Å²) in [5.74, 6) is -0.307. The van der Waals surface area contributed by atoms with Crippen molar-refractivity contribution in [3.63, 3.8) is 0 Å². The van der Waals surface area contributed by atoms with Gasteiger partial charge in [0.1, 0.15) is 0 Å². The van der Waals surface area contributed by atoms with E-state index >= 15 is 0 Å². The maximum atomic E-state index is 10.9. The Labute approximate surface area is 97.4 Å². The van der Waals surface area contributed by atoms with Gasteiger partial charge in [0.05, 0.1) is 0 Å². The number of carbonyl (C=O) groups excluding carboxylic acids is 1. The Balaban J connectivity index is 1.99. The van der Waals surface area contributed by atoms with Crippen LogP contribution in [0.3, 0.4) is 0 Å². The van der Waals surface area contributed by atoms with Gasteiger partial charge in [-0.25, -0.2) is 0 Å². The van der Waals surface area contributed by atoms with E-state index in [0.29, 0.717) is 0 Å². The number of hydrogen-bond acceptors (Lipinski definition) is 1. The molecule has 3 heteroatoms. The van der Waals surface area contributed by atoms with Crippen LogP contribution in [-0.2, 0) is 0 Å². The summed E-state index contributed by atoms with van der Waals surface area (Å²) in [6, 6.07) is 10.3. The summed E-state index contributed by atoms with van der Waals surface area (Å²) in [5, 5.41) is 0. The van der Waals surface area contributed by atoms with Crippen molar-refractivity contribution >= 4 is 19.7 Å². The van der Waals surface area contributed by atoms with Crippen LogP contribution in [0.5, 0.6) is 0 Å². The lowest BCUT2D eigenvalue weighted by atomic mass is 9.98. The maximum absolute atomic E-state index is 10.9. The van der Waals surface area contributed by atoms with Crippen molar-refractivity contribution < 1.29 is 4.79 Å². The van der Waals surface area contributed by atoms with Crippen LogP contribution in [0.4, 0.5) is 4.79 Å². The highest BCUT2D eigenvalue weighted by atomic mass is 16.1. The van der Waals surface area contributed by atoms with Crippen molar-refractivity contribution in [2.45, 2.75) is 12.8 Å². The minimum absolute atomic E-state index is 0.307. The highest BCUT2D eigenvalue weighted by molar-refractivity contribution is 6.56. The topological polar surface area (TPSA) is 20.3 Å². The van der Waals surface area contributed by atoms with E-state index in [1.165, 1.54) is 11.1 Å². The van der Waals surface area contributed by atoms with Crippen LogP contribution in [0.2, 0.25) is 0 Å². The molecular weight excluding hydrogens is 197 g/mol. The molecule has 1 aromatic rings. The average molecular weight is 211 g/mol. The molecule has 1 fully saturated rings. The molecule has 80 valence electrons. The van der Waals surface area contributed by atoms with Gasteiger partial charge < -0.3 is 4.90 Å². The van der Waals surface area contributed by atoms with Crippen molar-refractivity contribution in [3.8, 4) is 0 Å². The van der Waals surface area contributed by atoms with Crippen LogP contribution in [0.1, 0.15) is 18.4 Å². The lowest BCUT2D eigenvalue weighted by molar-refractivity contribution is 0.217. The van der Waals surface area contributed by atoms with E-state index in [0.717, 1.165) is 25.9 Å². The second kappa shape index (κ2) is 5.02. The molecule has 0 bridgehead atoms. The molecule has 0 atom stereocenters. The van der Waals surface area contributed by atoms with Crippen LogP contribution in [0.25, 0.3) is 6.08 Å². The monoisotopic (exact) mass is 211 g/mol. The minimum Gasteiger partial charge on any atom is -0.352 e. The van der Waals surface area contributed by atoms with E-state index in [4.69, 9.17) is 7.85 Å². The van der Waals surface area contributed by atoms with Gasteiger partial charge >= 0.3 is 0 Å². The fourth-order valence-electron chi connectivity index (χ4n) is 1.94. The number of hydrogen-bond donors (Lipinski definition) is 0. The van der Waals surface area contributed by atoms with Crippen LogP contribution in [0.15, 0.2) is 35.9 Å². The smallest absolute Gasteiger partial charge is 0.200 e. The molecule has 16 heavy (non-hydrogen) atoms. The Morgan fingerprint density at radius 2 is 1.81 bits per heavy atom. The first-order valence-electron chi connectivity index (χ1n) is 5.54. The Hall–Kier alpha value is -1.51. The van der Waals surface area contributed by atoms with Gasteiger partial charge in [0, 0.05) is 13.1 Å². The number of carbonyl (C=O) groups is 1. The highest BCUT2D eigenvalue weighted by Crippen LogP contribution is 2.19. The molecule has 1 heterocycles.